The number of nitrogens with zero attached hydrogens (tertiary/aromatic N) is 2. The number of likely N-dealkylation sites (tertiary alicyclic amines) is 1. The van der Waals surface area contributed by atoms with Gasteiger partial charge >= 0.3 is 0 Å². The van der Waals surface area contributed by atoms with Crippen LogP contribution in [0.1, 0.15) is 53.4 Å². The van der Waals surface area contributed by atoms with Crippen LogP contribution in [0.25, 0.3) is 0 Å². The Kier molecular flexibility index (Phi) is 4.53. The van der Waals surface area contributed by atoms with Crippen molar-refractivity contribution in [2.24, 2.45) is 11.8 Å². The summed E-state index contributed by atoms with van der Waals surface area (Å²) < 4.78 is 0. The van der Waals surface area contributed by atoms with Crippen molar-refractivity contribution >= 4 is 0 Å². The van der Waals surface area contributed by atoms with E-state index < -0.39 is 0 Å². The average Bonchev–Trinajstić information content (AvgIpc) is 3.00. The van der Waals surface area contributed by atoms with Gasteiger partial charge in [-0.1, -0.05) is 13.8 Å². The van der Waals surface area contributed by atoms with Gasteiger partial charge in [0, 0.05) is 18.6 Å². The predicted molar refractivity (Wildman–Crippen MR) is 78.8 cm³/mol. The number of nitrogens with one attached hydrogen (secondary N) is 1. The number of hydrogen-bond acceptors (Lipinski definition) is 3. The van der Waals surface area contributed by atoms with E-state index >= 15 is 0 Å². The van der Waals surface area contributed by atoms with Crippen LogP contribution in [0.15, 0.2) is 0 Å². The fourth-order valence-electron chi connectivity index (χ4n) is 3.29. The molecule has 2 rings (SSSR count). The normalized spacial score (nSPS) is 29.2. The second-order valence-electron chi connectivity index (χ2n) is 7.20. The molecule has 3 heteroatoms. The second-order valence-corrected chi connectivity index (χ2v) is 7.20. The van der Waals surface area contributed by atoms with Gasteiger partial charge < -0.3 is 4.90 Å². The lowest BCUT2D eigenvalue weighted by molar-refractivity contribution is 0.200. The number of nitriles is 1. The van der Waals surface area contributed by atoms with Crippen molar-refractivity contribution in [3.63, 3.8) is 0 Å². The third-order valence-electron chi connectivity index (χ3n) is 4.87. The zero-order valence-corrected chi connectivity index (χ0v) is 12.9. The second kappa shape index (κ2) is 5.81. The molecule has 1 heterocycles. The Hall–Kier alpha value is -0.590. The molecule has 0 aromatic rings. The Morgan fingerprint density at radius 3 is 2.47 bits per heavy atom. The quantitative estimate of drug-likeness (QED) is 0.801. The summed E-state index contributed by atoms with van der Waals surface area (Å²) in [6.07, 6.45) is 4.74. The summed E-state index contributed by atoms with van der Waals surface area (Å²) >= 11 is 0. The van der Waals surface area contributed by atoms with E-state index in [0.717, 1.165) is 18.3 Å². The zero-order valence-electron chi connectivity index (χ0n) is 12.9. The Balaban J connectivity index is 1.86. The van der Waals surface area contributed by atoms with E-state index in [1.54, 1.807) is 0 Å². The van der Waals surface area contributed by atoms with Crippen LogP contribution < -0.4 is 5.32 Å². The molecule has 3 nitrogen and oxygen atoms in total. The molecule has 1 saturated carbocycles. The van der Waals surface area contributed by atoms with Crippen molar-refractivity contribution in [1.82, 2.24) is 10.2 Å². The van der Waals surface area contributed by atoms with Crippen molar-refractivity contribution in [3.05, 3.63) is 0 Å². The third-order valence-corrected chi connectivity index (χ3v) is 4.87. The van der Waals surface area contributed by atoms with E-state index in [2.05, 4.69) is 44.0 Å². The van der Waals surface area contributed by atoms with Gasteiger partial charge in [0.05, 0.1) is 6.07 Å². The average molecular weight is 263 g/mol. The minimum absolute atomic E-state index is 0.351. The molecule has 3 atom stereocenters. The Bertz CT molecular complexity index is 342. The molecule has 0 aromatic heterocycles. The monoisotopic (exact) mass is 263 g/mol. The fourth-order valence-corrected chi connectivity index (χ4v) is 3.29. The molecule has 2 aliphatic rings. The molecular weight excluding hydrogens is 234 g/mol. The van der Waals surface area contributed by atoms with Crippen molar-refractivity contribution in [3.8, 4) is 6.07 Å². The van der Waals surface area contributed by atoms with E-state index in [9.17, 15) is 5.26 Å². The van der Waals surface area contributed by atoms with Crippen LogP contribution in [0.5, 0.6) is 0 Å². The van der Waals surface area contributed by atoms with Gasteiger partial charge in [0.1, 0.15) is 5.54 Å². The first kappa shape index (κ1) is 14.8. The van der Waals surface area contributed by atoms with Crippen molar-refractivity contribution in [2.75, 3.05) is 13.1 Å². The smallest absolute Gasteiger partial charge is 0.105 e. The summed E-state index contributed by atoms with van der Waals surface area (Å²) in [4.78, 5) is 2.58. The molecular formula is C16H29N3. The first-order valence-electron chi connectivity index (χ1n) is 7.86. The third kappa shape index (κ3) is 3.94. The van der Waals surface area contributed by atoms with Gasteiger partial charge in [0.15, 0.2) is 0 Å². The molecule has 3 unspecified atom stereocenters. The van der Waals surface area contributed by atoms with Gasteiger partial charge in [-0.15, -0.1) is 0 Å². The van der Waals surface area contributed by atoms with E-state index in [-0.39, 0.29) is 5.54 Å². The molecule has 2 fully saturated rings. The van der Waals surface area contributed by atoms with E-state index in [1.165, 1.54) is 32.4 Å². The maximum atomic E-state index is 9.46. The van der Waals surface area contributed by atoms with Crippen LogP contribution in [0, 0.1) is 23.2 Å². The lowest BCUT2D eigenvalue weighted by atomic mass is 9.93. The summed E-state index contributed by atoms with van der Waals surface area (Å²) in [5, 5.41) is 13.0. The van der Waals surface area contributed by atoms with Gasteiger partial charge in [-0.25, -0.2) is 0 Å². The maximum Gasteiger partial charge on any atom is 0.105 e. The van der Waals surface area contributed by atoms with Crippen molar-refractivity contribution in [1.29, 1.82) is 5.26 Å². The summed E-state index contributed by atoms with van der Waals surface area (Å²) in [7, 11) is 0. The lowest BCUT2D eigenvalue weighted by Crippen LogP contribution is -2.47. The van der Waals surface area contributed by atoms with Gasteiger partial charge in [-0.2, -0.15) is 5.26 Å². The number of rotatable bonds is 6. The molecule has 1 saturated heterocycles. The fraction of sp³-hybridized carbons (Fsp3) is 0.938. The van der Waals surface area contributed by atoms with E-state index in [0.29, 0.717) is 12.1 Å². The number of hydrogen-bond donors (Lipinski definition) is 1. The molecule has 0 spiro atoms. The van der Waals surface area contributed by atoms with Crippen molar-refractivity contribution in [2.45, 2.75) is 71.0 Å². The summed E-state index contributed by atoms with van der Waals surface area (Å²) in [5.41, 5.74) is -0.351. The predicted octanol–water partition coefficient (Wildman–Crippen LogP) is 2.78. The highest BCUT2D eigenvalue weighted by molar-refractivity contribution is 5.08. The topological polar surface area (TPSA) is 39.1 Å². The van der Waals surface area contributed by atoms with Gasteiger partial charge in [-0.3, -0.25) is 5.32 Å². The minimum atomic E-state index is -0.351. The molecule has 1 aliphatic heterocycles. The van der Waals surface area contributed by atoms with Crippen LogP contribution in [0.2, 0.25) is 0 Å². The van der Waals surface area contributed by atoms with Crippen LogP contribution in [0.4, 0.5) is 0 Å². The van der Waals surface area contributed by atoms with Crippen LogP contribution in [0.3, 0.4) is 0 Å². The summed E-state index contributed by atoms with van der Waals surface area (Å²) in [6.45, 7) is 11.4. The Morgan fingerprint density at radius 1 is 1.32 bits per heavy atom. The standard InChI is InChI=1S/C16H29N3/c1-12(2)14-7-8-19(10-14)13(3)9-16(4,11-17)18-15-5-6-15/h12-15,18H,5-10H2,1-4H3. The van der Waals surface area contributed by atoms with Crippen molar-refractivity contribution < 1.29 is 0 Å². The molecule has 0 amide bonds. The van der Waals surface area contributed by atoms with E-state index in [1.807, 2.05) is 0 Å². The maximum absolute atomic E-state index is 9.46. The van der Waals surface area contributed by atoms with Crippen LogP contribution in [-0.2, 0) is 0 Å². The zero-order chi connectivity index (χ0) is 14.0. The first-order chi connectivity index (χ1) is 8.93. The molecule has 0 bridgehead atoms. The molecule has 0 aromatic carbocycles. The highest BCUT2D eigenvalue weighted by Gasteiger charge is 2.36. The largest absolute Gasteiger partial charge is 0.300 e. The Labute approximate surface area is 118 Å². The SMILES string of the molecule is CC(C)C1CCN(C(C)CC(C)(C#N)NC2CC2)C1. The molecule has 108 valence electrons. The highest BCUT2D eigenvalue weighted by atomic mass is 15.2. The first-order valence-corrected chi connectivity index (χ1v) is 7.86. The minimum Gasteiger partial charge on any atom is -0.300 e. The lowest BCUT2D eigenvalue weighted by Gasteiger charge is -2.32. The summed E-state index contributed by atoms with van der Waals surface area (Å²) in [6, 6.07) is 3.60. The van der Waals surface area contributed by atoms with Crippen LogP contribution >= 0.6 is 0 Å². The highest BCUT2D eigenvalue weighted by Crippen LogP contribution is 2.29. The summed E-state index contributed by atoms with van der Waals surface area (Å²) in [5.74, 6) is 1.62. The molecule has 19 heavy (non-hydrogen) atoms. The van der Waals surface area contributed by atoms with Gasteiger partial charge in [0.2, 0.25) is 0 Å². The molecule has 0 radical (unpaired) electrons. The molecule has 1 N–H and O–H groups in total. The van der Waals surface area contributed by atoms with Crippen LogP contribution in [-0.4, -0.2) is 35.6 Å². The van der Waals surface area contributed by atoms with Gasteiger partial charge in [0.25, 0.3) is 0 Å². The molecule has 1 aliphatic carbocycles. The van der Waals surface area contributed by atoms with E-state index in [4.69, 9.17) is 0 Å². The Morgan fingerprint density at radius 2 is 2.00 bits per heavy atom. The van der Waals surface area contributed by atoms with Gasteiger partial charge in [-0.05, 0) is 57.9 Å².